The first kappa shape index (κ1) is 14.5. The molecule has 0 aliphatic carbocycles. The van der Waals surface area contributed by atoms with Crippen LogP contribution >= 0.6 is 23.8 Å². The van der Waals surface area contributed by atoms with Gasteiger partial charge in [-0.05, 0) is 48.6 Å². The normalized spacial score (nSPS) is 11.1. The van der Waals surface area contributed by atoms with Crippen molar-refractivity contribution in [2.24, 2.45) is 5.10 Å². The van der Waals surface area contributed by atoms with Gasteiger partial charge < -0.3 is 5.11 Å². The Labute approximate surface area is 136 Å². The molecule has 0 bridgehead atoms. The molecule has 0 aliphatic heterocycles. The Morgan fingerprint density at radius 3 is 2.64 bits per heavy atom. The number of aromatic nitrogens is 3. The summed E-state index contributed by atoms with van der Waals surface area (Å²) in [5.74, 6) is 0.711. The van der Waals surface area contributed by atoms with Crippen molar-refractivity contribution >= 4 is 30.0 Å². The van der Waals surface area contributed by atoms with Crippen LogP contribution in [-0.2, 0) is 0 Å². The summed E-state index contributed by atoms with van der Waals surface area (Å²) in [5.41, 5.74) is 1.42. The Bertz CT molecular complexity index is 883. The van der Waals surface area contributed by atoms with Crippen LogP contribution in [0.25, 0.3) is 11.4 Å². The number of phenolic OH excluding ortho intramolecular Hbond substituents is 1. The van der Waals surface area contributed by atoms with Crippen molar-refractivity contribution in [1.82, 2.24) is 14.9 Å². The monoisotopic (exact) mass is 330 g/mol. The zero-order chi connectivity index (χ0) is 15.5. The number of phenols is 1. The summed E-state index contributed by atoms with van der Waals surface area (Å²) < 4.78 is 1.85. The Morgan fingerprint density at radius 1 is 1.18 bits per heavy atom. The molecule has 22 heavy (non-hydrogen) atoms. The van der Waals surface area contributed by atoms with Crippen molar-refractivity contribution in [2.75, 3.05) is 0 Å². The number of para-hydroxylation sites is 1. The number of nitrogens with zero attached hydrogens (tertiary/aromatic N) is 3. The van der Waals surface area contributed by atoms with Gasteiger partial charge in [0.05, 0.1) is 6.21 Å². The van der Waals surface area contributed by atoms with E-state index in [1.165, 1.54) is 10.9 Å². The Morgan fingerprint density at radius 2 is 1.91 bits per heavy atom. The summed E-state index contributed by atoms with van der Waals surface area (Å²) >= 11 is 11.1. The van der Waals surface area contributed by atoms with Crippen LogP contribution in [-0.4, -0.2) is 26.2 Å². The highest BCUT2D eigenvalue weighted by Crippen LogP contribution is 2.20. The number of halogens is 1. The molecule has 0 atom stereocenters. The van der Waals surface area contributed by atoms with Gasteiger partial charge in [0, 0.05) is 16.1 Å². The minimum atomic E-state index is 0.148. The van der Waals surface area contributed by atoms with Crippen LogP contribution < -0.4 is 0 Å². The van der Waals surface area contributed by atoms with Crippen molar-refractivity contribution in [2.45, 2.75) is 0 Å². The number of aromatic hydroxyl groups is 1. The number of hydrogen-bond acceptors (Lipinski definition) is 4. The van der Waals surface area contributed by atoms with Gasteiger partial charge in [-0.15, -0.1) is 0 Å². The van der Waals surface area contributed by atoms with Gasteiger partial charge in [0.25, 0.3) is 0 Å². The molecule has 3 rings (SSSR count). The highest BCUT2D eigenvalue weighted by molar-refractivity contribution is 7.71. The molecule has 0 amide bonds. The second-order valence-electron chi connectivity index (χ2n) is 4.47. The van der Waals surface area contributed by atoms with E-state index in [1.54, 1.807) is 30.3 Å². The average molecular weight is 331 g/mol. The molecule has 0 saturated heterocycles. The fourth-order valence-corrected chi connectivity index (χ4v) is 2.21. The fourth-order valence-electron chi connectivity index (χ4n) is 1.90. The first-order valence-electron chi connectivity index (χ1n) is 6.41. The van der Waals surface area contributed by atoms with Crippen molar-refractivity contribution in [3.63, 3.8) is 0 Å². The summed E-state index contributed by atoms with van der Waals surface area (Å²) in [6.07, 6.45) is 1.53. The van der Waals surface area contributed by atoms with Crippen molar-refractivity contribution in [3.05, 3.63) is 63.9 Å². The van der Waals surface area contributed by atoms with Gasteiger partial charge in [-0.3, -0.25) is 0 Å². The summed E-state index contributed by atoms with van der Waals surface area (Å²) in [4.78, 5) is 0. The third-order valence-electron chi connectivity index (χ3n) is 3.00. The van der Waals surface area contributed by atoms with E-state index in [0.717, 1.165) is 5.56 Å². The number of rotatable bonds is 3. The van der Waals surface area contributed by atoms with E-state index in [1.807, 2.05) is 18.2 Å². The highest BCUT2D eigenvalue weighted by Gasteiger charge is 2.08. The van der Waals surface area contributed by atoms with Crippen LogP contribution in [0.15, 0.2) is 53.6 Å². The molecular weight excluding hydrogens is 320 g/mol. The molecule has 110 valence electrons. The fraction of sp³-hybridized carbons (Fsp3) is 0. The van der Waals surface area contributed by atoms with Crippen LogP contribution in [0.4, 0.5) is 0 Å². The van der Waals surface area contributed by atoms with E-state index in [2.05, 4.69) is 15.3 Å². The van der Waals surface area contributed by atoms with Crippen LogP contribution in [0, 0.1) is 4.77 Å². The number of benzene rings is 2. The lowest BCUT2D eigenvalue weighted by atomic mass is 10.2. The molecule has 1 heterocycles. The lowest BCUT2D eigenvalue weighted by Gasteiger charge is -2.01. The standard InChI is InChI=1S/C15H11ClN4OS/c16-12-7-5-10(6-8-12)14-18-19-15(22)20(14)17-9-11-3-1-2-4-13(11)21/h1-9,21H,(H,19,22). The van der Waals surface area contributed by atoms with Crippen LogP contribution in [0.5, 0.6) is 5.75 Å². The number of H-pyrrole nitrogens is 1. The van der Waals surface area contributed by atoms with Gasteiger partial charge in [0.15, 0.2) is 5.82 Å². The van der Waals surface area contributed by atoms with Crippen molar-refractivity contribution in [3.8, 4) is 17.1 Å². The molecule has 0 aliphatic rings. The molecule has 0 saturated carbocycles. The van der Waals surface area contributed by atoms with Gasteiger partial charge in [-0.25, -0.2) is 5.10 Å². The molecule has 2 N–H and O–H groups in total. The van der Waals surface area contributed by atoms with Crippen LogP contribution in [0.1, 0.15) is 5.56 Å². The molecule has 7 heteroatoms. The first-order valence-corrected chi connectivity index (χ1v) is 7.19. The van der Waals surface area contributed by atoms with Gasteiger partial charge >= 0.3 is 0 Å². The topological polar surface area (TPSA) is 66.2 Å². The van der Waals surface area contributed by atoms with Gasteiger partial charge in [-0.2, -0.15) is 14.9 Å². The molecule has 1 aromatic heterocycles. The van der Waals surface area contributed by atoms with Gasteiger partial charge in [0.1, 0.15) is 5.75 Å². The Balaban J connectivity index is 2.01. The van der Waals surface area contributed by atoms with Crippen LogP contribution in [0.2, 0.25) is 5.02 Å². The predicted molar refractivity (Wildman–Crippen MR) is 89.0 cm³/mol. The second-order valence-corrected chi connectivity index (χ2v) is 5.30. The van der Waals surface area contributed by atoms with Crippen LogP contribution in [0.3, 0.4) is 0 Å². The van der Waals surface area contributed by atoms with E-state index in [0.29, 0.717) is 21.2 Å². The third kappa shape index (κ3) is 2.93. The average Bonchev–Trinajstić information content (AvgIpc) is 2.88. The predicted octanol–water partition coefficient (Wildman–Crippen LogP) is 3.85. The van der Waals surface area contributed by atoms with E-state index < -0.39 is 0 Å². The Hall–Kier alpha value is -2.44. The summed E-state index contributed by atoms with van der Waals surface area (Å²) in [7, 11) is 0. The first-order chi connectivity index (χ1) is 10.6. The second kappa shape index (κ2) is 6.13. The summed E-state index contributed by atoms with van der Waals surface area (Å²) in [5, 5.41) is 21.6. The maximum Gasteiger partial charge on any atom is 0.216 e. The lowest BCUT2D eigenvalue weighted by molar-refractivity contribution is 0.474. The molecule has 3 aromatic rings. The van der Waals surface area contributed by atoms with Gasteiger partial charge in [-0.1, -0.05) is 23.7 Å². The lowest BCUT2D eigenvalue weighted by Crippen LogP contribution is -1.95. The minimum absolute atomic E-state index is 0.148. The Kier molecular flexibility index (Phi) is 4.04. The number of hydrogen-bond donors (Lipinski definition) is 2. The largest absolute Gasteiger partial charge is 0.507 e. The van der Waals surface area contributed by atoms with Crippen molar-refractivity contribution in [1.29, 1.82) is 0 Å². The third-order valence-corrected chi connectivity index (χ3v) is 3.52. The molecule has 0 fully saturated rings. The van der Waals surface area contributed by atoms with E-state index in [9.17, 15) is 5.11 Å². The maximum absolute atomic E-state index is 9.76. The molecular formula is C15H11ClN4OS. The molecule has 0 radical (unpaired) electrons. The van der Waals surface area contributed by atoms with Crippen molar-refractivity contribution < 1.29 is 5.11 Å². The smallest absolute Gasteiger partial charge is 0.216 e. The summed E-state index contributed by atoms with van der Waals surface area (Å²) in [6.45, 7) is 0. The van der Waals surface area contributed by atoms with E-state index in [-0.39, 0.29) is 5.75 Å². The van der Waals surface area contributed by atoms with E-state index >= 15 is 0 Å². The summed E-state index contributed by atoms with van der Waals surface area (Å²) in [6, 6.07) is 14.1. The molecule has 5 nitrogen and oxygen atoms in total. The molecule has 0 unspecified atom stereocenters. The maximum atomic E-state index is 9.76. The molecule has 0 spiro atoms. The SMILES string of the molecule is Oc1ccccc1C=Nn1c(-c2ccc(Cl)cc2)n[nH]c1=S. The number of aromatic amines is 1. The quantitative estimate of drug-likeness (QED) is 0.566. The highest BCUT2D eigenvalue weighted by atomic mass is 35.5. The number of nitrogens with one attached hydrogen (secondary N) is 1. The van der Waals surface area contributed by atoms with E-state index in [4.69, 9.17) is 23.8 Å². The minimum Gasteiger partial charge on any atom is -0.507 e. The van der Waals surface area contributed by atoms with Gasteiger partial charge in [0.2, 0.25) is 4.77 Å². The zero-order valence-corrected chi connectivity index (χ0v) is 12.8. The zero-order valence-electron chi connectivity index (χ0n) is 11.3. The molecule has 2 aromatic carbocycles.